The van der Waals surface area contributed by atoms with Crippen LogP contribution in [0.5, 0.6) is 0 Å². The monoisotopic (exact) mass is 338 g/mol. The van der Waals surface area contributed by atoms with Crippen LogP contribution < -0.4 is 5.32 Å². The topological polar surface area (TPSA) is 82.2 Å². The molecule has 0 radical (unpaired) electrons. The van der Waals surface area contributed by atoms with E-state index in [0.717, 1.165) is 16.5 Å². The van der Waals surface area contributed by atoms with Gasteiger partial charge in [-0.05, 0) is 11.6 Å². The molecule has 5 nitrogen and oxygen atoms in total. The van der Waals surface area contributed by atoms with E-state index in [9.17, 15) is 14.7 Å². The number of carboxylic acid groups (broad SMARTS) is 1. The quantitative estimate of drug-likeness (QED) is 0.705. The Kier molecular flexibility index (Phi) is 4.79. The van der Waals surface area contributed by atoms with Crippen molar-refractivity contribution in [2.75, 3.05) is 5.33 Å². The van der Waals surface area contributed by atoms with Gasteiger partial charge in [0.05, 0.1) is 0 Å². The fourth-order valence-corrected chi connectivity index (χ4v) is 2.43. The lowest BCUT2D eigenvalue weighted by Crippen LogP contribution is -2.42. The molecule has 20 heavy (non-hydrogen) atoms. The van der Waals surface area contributed by atoms with Crippen molar-refractivity contribution in [3.63, 3.8) is 0 Å². The molecule has 0 saturated carbocycles. The van der Waals surface area contributed by atoms with Gasteiger partial charge in [0.25, 0.3) is 0 Å². The van der Waals surface area contributed by atoms with Crippen LogP contribution in [0.3, 0.4) is 0 Å². The van der Waals surface area contributed by atoms with E-state index in [2.05, 4.69) is 26.2 Å². The molecule has 0 aliphatic rings. The van der Waals surface area contributed by atoms with Crippen LogP contribution in [0.25, 0.3) is 10.9 Å². The van der Waals surface area contributed by atoms with Crippen molar-refractivity contribution >= 4 is 38.7 Å². The highest BCUT2D eigenvalue weighted by Gasteiger charge is 2.21. The third kappa shape index (κ3) is 3.39. The number of fused-ring (bicyclic) bond motifs is 1. The number of carbonyl (C=O) groups excluding carboxylic acids is 1. The maximum atomic E-state index is 11.5. The maximum absolute atomic E-state index is 11.5. The minimum atomic E-state index is -1.03. The number of halogens is 1. The minimum absolute atomic E-state index is 0.257. The van der Waals surface area contributed by atoms with Crippen LogP contribution in [0.15, 0.2) is 30.5 Å². The van der Waals surface area contributed by atoms with Crippen molar-refractivity contribution in [3.05, 3.63) is 36.0 Å². The van der Waals surface area contributed by atoms with E-state index in [1.807, 2.05) is 24.3 Å². The van der Waals surface area contributed by atoms with E-state index in [1.165, 1.54) is 0 Å². The molecule has 0 spiro atoms. The van der Waals surface area contributed by atoms with Gasteiger partial charge in [0.2, 0.25) is 5.91 Å². The third-order valence-electron chi connectivity index (χ3n) is 3.05. The Bertz CT molecular complexity index is 624. The highest BCUT2D eigenvalue weighted by Crippen LogP contribution is 2.19. The van der Waals surface area contributed by atoms with E-state index in [1.54, 1.807) is 6.20 Å². The SMILES string of the molecule is O=C(CCBr)N[C@@H](Cc1c[nH]c2ccccc12)C(=O)O. The summed E-state index contributed by atoms with van der Waals surface area (Å²) in [5.41, 5.74) is 1.84. The molecule has 1 amide bonds. The second-order valence-electron chi connectivity index (χ2n) is 4.46. The number of H-pyrrole nitrogens is 1. The summed E-state index contributed by atoms with van der Waals surface area (Å²) in [4.78, 5) is 25.9. The van der Waals surface area contributed by atoms with Crippen LogP contribution in [0.1, 0.15) is 12.0 Å². The van der Waals surface area contributed by atoms with Crippen LogP contribution in [0.2, 0.25) is 0 Å². The standard InChI is InChI=1S/C14H15BrN2O3/c15-6-5-13(18)17-12(14(19)20)7-9-8-16-11-4-2-1-3-10(9)11/h1-4,8,12,16H,5-7H2,(H,17,18)(H,19,20)/t12-/m0/s1. The molecular formula is C14H15BrN2O3. The Morgan fingerprint density at radius 3 is 2.80 bits per heavy atom. The van der Waals surface area contributed by atoms with Gasteiger partial charge in [-0.15, -0.1) is 0 Å². The summed E-state index contributed by atoms with van der Waals surface area (Å²) in [7, 11) is 0. The number of amides is 1. The van der Waals surface area contributed by atoms with Crippen LogP contribution in [-0.2, 0) is 16.0 Å². The van der Waals surface area contributed by atoms with Crippen molar-refractivity contribution in [2.45, 2.75) is 18.9 Å². The summed E-state index contributed by atoms with van der Waals surface area (Å²) < 4.78 is 0. The Balaban J connectivity index is 2.15. The molecule has 0 fully saturated rings. The second-order valence-corrected chi connectivity index (χ2v) is 5.25. The van der Waals surface area contributed by atoms with Crippen LogP contribution in [0.4, 0.5) is 0 Å². The van der Waals surface area contributed by atoms with Crippen LogP contribution in [0, 0.1) is 0 Å². The van der Waals surface area contributed by atoms with E-state index < -0.39 is 12.0 Å². The lowest BCUT2D eigenvalue weighted by atomic mass is 10.0. The van der Waals surface area contributed by atoms with Crippen LogP contribution in [-0.4, -0.2) is 33.3 Å². The van der Waals surface area contributed by atoms with Crippen LogP contribution >= 0.6 is 15.9 Å². The number of benzene rings is 1. The number of hydrogen-bond donors (Lipinski definition) is 3. The lowest BCUT2D eigenvalue weighted by molar-refractivity contribution is -0.141. The molecule has 0 bridgehead atoms. The molecule has 0 aliphatic heterocycles. The van der Waals surface area contributed by atoms with Crippen molar-refractivity contribution in [1.29, 1.82) is 0 Å². The zero-order chi connectivity index (χ0) is 14.5. The number of nitrogens with one attached hydrogen (secondary N) is 2. The molecule has 0 unspecified atom stereocenters. The first-order valence-electron chi connectivity index (χ1n) is 6.25. The number of rotatable bonds is 6. The fraction of sp³-hybridized carbons (Fsp3) is 0.286. The number of aromatic nitrogens is 1. The predicted molar refractivity (Wildman–Crippen MR) is 80.0 cm³/mol. The molecule has 106 valence electrons. The number of carboxylic acids is 1. The summed E-state index contributed by atoms with van der Waals surface area (Å²) >= 11 is 3.16. The van der Waals surface area contributed by atoms with Crippen molar-refractivity contribution < 1.29 is 14.7 Å². The van der Waals surface area contributed by atoms with Gasteiger partial charge >= 0.3 is 5.97 Å². The normalized spacial score (nSPS) is 12.2. The van der Waals surface area contributed by atoms with Gasteiger partial charge in [0.15, 0.2) is 0 Å². The average Bonchev–Trinajstić information content (AvgIpc) is 2.82. The van der Waals surface area contributed by atoms with E-state index >= 15 is 0 Å². The summed E-state index contributed by atoms with van der Waals surface area (Å²) in [6.45, 7) is 0. The Morgan fingerprint density at radius 1 is 1.35 bits per heavy atom. The molecule has 1 aromatic carbocycles. The second kappa shape index (κ2) is 6.56. The van der Waals surface area contributed by atoms with Gasteiger partial charge in [-0.25, -0.2) is 4.79 Å². The zero-order valence-electron chi connectivity index (χ0n) is 10.7. The van der Waals surface area contributed by atoms with Gasteiger partial charge in [-0.3, -0.25) is 4.79 Å². The zero-order valence-corrected chi connectivity index (χ0v) is 12.3. The molecule has 6 heteroatoms. The first kappa shape index (κ1) is 14.6. The summed E-state index contributed by atoms with van der Waals surface area (Å²) in [5.74, 6) is -1.30. The molecule has 0 aliphatic carbocycles. The molecule has 1 atom stereocenters. The molecule has 1 aromatic heterocycles. The first-order valence-corrected chi connectivity index (χ1v) is 7.37. The first-order chi connectivity index (χ1) is 9.61. The smallest absolute Gasteiger partial charge is 0.326 e. The molecule has 3 N–H and O–H groups in total. The third-order valence-corrected chi connectivity index (χ3v) is 3.45. The van der Waals surface area contributed by atoms with Gasteiger partial charge < -0.3 is 15.4 Å². The van der Waals surface area contributed by atoms with E-state index in [0.29, 0.717) is 5.33 Å². The minimum Gasteiger partial charge on any atom is -0.480 e. The van der Waals surface area contributed by atoms with Crippen molar-refractivity contribution in [2.24, 2.45) is 0 Å². The van der Waals surface area contributed by atoms with E-state index in [4.69, 9.17) is 0 Å². The average molecular weight is 339 g/mol. The predicted octanol–water partition coefficient (Wildman–Crippen LogP) is 2.06. The Morgan fingerprint density at radius 2 is 2.10 bits per heavy atom. The summed E-state index contributed by atoms with van der Waals surface area (Å²) in [6, 6.07) is 6.76. The highest BCUT2D eigenvalue weighted by molar-refractivity contribution is 9.09. The number of para-hydroxylation sites is 1. The highest BCUT2D eigenvalue weighted by atomic mass is 79.9. The summed E-state index contributed by atoms with van der Waals surface area (Å²) in [5, 5.41) is 13.3. The fourth-order valence-electron chi connectivity index (χ4n) is 2.07. The molecular weight excluding hydrogens is 324 g/mol. The van der Waals surface area contributed by atoms with Crippen molar-refractivity contribution in [1.82, 2.24) is 10.3 Å². The lowest BCUT2D eigenvalue weighted by Gasteiger charge is -2.13. The number of alkyl halides is 1. The van der Waals surface area contributed by atoms with Gasteiger partial charge in [-0.1, -0.05) is 34.1 Å². The molecule has 1 heterocycles. The molecule has 2 rings (SSSR count). The number of aliphatic carboxylic acids is 1. The van der Waals surface area contributed by atoms with Crippen molar-refractivity contribution in [3.8, 4) is 0 Å². The van der Waals surface area contributed by atoms with Gasteiger partial charge in [0.1, 0.15) is 6.04 Å². The Hall–Kier alpha value is -1.82. The largest absolute Gasteiger partial charge is 0.480 e. The molecule has 0 saturated heterocycles. The van der Waals surface area contributed by atoms with E-state index in [-0.39, 0.29) is 18.7 Å². The summed E-state index contributed by atoms with van der Waals surface area (Å²) in [6.07, 6.45) is 2.31. The number of aromatic amines is 1. The Labute approximate surface area is 124 Å². The number of hydrogen-bond acceptors (Lipinski definition) is 2. The maximum Gasteiger partial charge on any atom is 0.326 e. The van der Waals surface area contributed by atoms with Gasteiger partial charge in [0, 0.05) is 35.3 Å². The number of carbonyl (C=O) groups is 2. The molecule has 2 aromatic rings. The van der Waals surface area contributed by atoms with Gasteiger partial charge in [-0.2, -0.15) is 0 Å².